The Morgan fingerprint density at radius 3 is 2.79 bits per heavy atom. The lowest BCUT2D eigenvalue weighted by Gasteiger charge is -2.16. The molecule has 0 saturated heterocycles. The third kappa shape index (κ3) is 7.33. The summed E-state index contributed by atoms with van der Waals surface area (Å²) in [4.78, 5) is 24.7. The van der Waals surface area contributed by atoms with Crippen molar-refractivity contribution in [2.24, 2.45) is 11.8 Å². The lowest BCUT2D eigenvalue weighted by Crippen LogP contribution is -2.28. The molecule has 0 radical (unpaired) electrons. The van der Waals surface area contributed by atoms with Crippen molar-refractivity contribution in [2.75, 3.05) is 6.26 Å². The molecule has 0 spiro atoms. The normalized spacial score (nSPS) is 22.5. The maximum atomic E-state index is 12.4. The fraction of sp³-hybridized carbons (Fsp3) is 0.417. The highest BCUT2D eigenvalue weighted by Crippen LogP contribution is 2.35. The minimum absolute atomic E-state index is 0.00863. The summed E-state index contributed by atoms with van der Waals surface area (Å²) >= 11 is 1.51. The van der Waals surface area contributed by atoms with Crippen LogP contribution in [0.4, 0.5) is 0 Å². The van der Waals surface area contributed by atoms with Gasteiger partial charge in [-0.05, 0) is 36.8 Å². The number of sulfonamides is 1. The first-order valence-corrected chi connectivity index (χ1v) is 13.6. The molecule has 9 heteroatoms. The summed E-state index contributed by atoms with van der Waals surface area (Å²) in [6, 6.07) is 9.84. The first-order valence-electron chi connectivity index (χ1n) is 10.9. The standard InChI is InChI=1S/C24H29NO6S2/c1-33(30,31)25-24(29)11-5-3-2-4-9-17-18(21(28)15-20(17)27)12-13-19(26)23-14-16-8-6-7-10-22(16)32-23/h2,4,6-8,10,12-14,17-19,21,26,28H,3,5,9,11,15H2,1H3,(H,25,29)/t17-,18-,19-,21-/m1/s1. The predicted octanol–water partition coefficient (Wildman–Crippen LogP) is 3.25. The molecule has 1 amide bonds. The molecule has 1 fully saturated rings. The highest BCUT2D eigenvalue weighted by atomic mass is 32.2. The summed E-state index contributed by atoms with van der Waals surface area (Å²) in [6.45, 7) is 0. The second-order valence-electron chi connectivity index (χ2n) is 8.33. The van der Waals surface area contributed by atoms with E-state index in [0.717, 1.165) is 21.2 Å². The molecular weight excluding hydrogens is 462 g/mol. The first kappa shape index (κ1) is 25.3. The maximum Gasteiger partial charge on any atom is 0.233 e. The first-order chi connectivity index (χ1) is 15.6. The molecule has 2 aromatic rings. The van der Waals surface area contributed by atoms with E-state index in [4.69, 9.17) is 0 Å². The van der Waals surface area contributed by atoms with Crippen LogP contribution in [0.5, 0.6) is 0 Å². The Morgan fingerprint density at radius 2 is 2.06 bits per heavy atom. The van der Waals surface area contributed by atoms with Crippen molar-refractivity contribution in [3.8, 4) is 0 Å². The van der Waals surface area contributed by atoms with Gasteiger partial charge in [-0.2, -0.15) is 0 Å². The Kier molecular flexibility index (Phi) is 8.58. The number of hydrogen-bond donors (Lipinski definition) is 3. The number of rotatable bonds is 10. The van der Waals surface area contributed by atoms with Gasteiger partial charge < -0.3 is 10.2 Å². The number of allylic oxidation sites excluding steroid dienone is 2. The molecule has 0 bridgehead atoms. The van der Waals surface area contributed by atoms with Gasteiger partial charge in [0.2, 0.25) is 15.9 Å². The average molecular weight is 492 g/mol. The Labute approximate surface area is 197 Å². The number of hydrogen-bond acceptors (Lipinski definition) is 7. The summed E-state index contributed by atoms with van der Waals surface area (Å²) < 4.78 is 25.0. The molecule has 1 aliphatic carbocycles. The number of carbonyl (C=O) groups is 2. The van der Waals surface area contributed by atoms with Crippen molar-refractivity contribution in [3.05, 3.63) is 59.5 Å². The zero-order chi connectivity index (χ0) is 24.0. The number of carbonyl (C=O) groups excluding carboxylic acids is 2. The zero-order valence-corrected chi connectivity index (χ0v) is 20.0. The van der Waals surface area contributed by atoms with Gasteiger partial charge in [0.15, 0.2) is 0 Å². The molecule has 33 heavy (non-hydrogen) atoms. The van der Waals surface area contributed by atoms with Crippen LogP contribution in [0.3, 0.4) is 0 Å². The lowest BCUT2D eigenvalue weighted by atomic mass is 9.90. The number of unbranched alkanes of at least 4 members (excludes halogenated alkanes) is 1. The van der Waals surface area contributed by atoms with Gasteiger partial charge in [0.25, 0.3) is 0 Å². The minimum atomic E-state index is -3.54. The van der Waals surface area contributed by atoms with Crippen LogP contribution in [0.25, 0.3) is 10.1 Å². The van der Waals surface area contributed by atoms with Crippen LogP contribution in [0.2, 0.25) is 0 Å². The molecule has 3 rings (SSSR count). The van der Waals surface area contributed by atoms with Crippen molar-refractivity contribution in [1.82, 2.24) is 4.72 Å². The minimum Gasteiger partial charge on any atom is -0.392 e. The highest BCUT2D eigenvalue weighted by molar-refractivity contribution is 7.89. The monoisotopic (exact) mass is 491 g/mol. The second-order valence-corrected chi connectivity index (χ2v) is 11.2. The van der Waals surface area contributed by atoms with Crippen LogP contribution >= 0.6 is 11.3 Å². The van der Waals surface area contributed by atoms with E-state index in [-0.39, 0.29) is 30.5 Å². The van der Waals surface area contributed by atoms with E-state index in [1.54, 1.807) is 12.2 Å². The molecule has 7 nitrogen and oxygen atoms in total. The predicted molar refractivity (Wildman–Crippen MR) is 129 cm³/mol. The summed E-state index contributed by atoms with van der Waals surface area (Å²) in [5.74, 6) is -1.28. The van der Waals surface area contributed by atoms with Crippen LogP contribution in [0, 0.1) is 11.8 Å². The van der Waals surface area contributed by atoms with Crippen LogP contribution in [0.1, 0.15) is 43.1 Å². The molecule has 0 aliphatic heterocycles. The van der Waals surface area contributed by atoms with Gasteiger partial charge in [-0.15, -0.1) is 11.3 Å². The zero-order valence-electron chi connectivity index (χ0n) is 18.4. The molecule has 1 aliphatic rings. The fourth-order valence-electron chi connectivity index (χ4n) is 4.00. The molecule has 178 valence electrons. The number of fused-ring (bicyclic) bond motifs is 1. The van der Waals surface area contributed by atoms with E-state index >= 15 is 0 Å². The van der Waals surface area contributed by atoms with Gasteiger partial charge in [-0.3, -0.25) is 14.3 Å². The van der Waals surface area contributed by atoms with Crippen molar-refractivity contribution in [2.45, 2.75) is 44.3 Å². The number of aliphatic hydroxyl groups excluding tert-OH is 2. The van der Waals surface area contributed by atoms with E-state index in [9.17, 15) is 28.2 Å². The Bertz CT molecular complexity index is 1120. The topological polar surface area (TPSA) is 121 Å². The van der Waals surface area contributed by atoms with Gasteiger partial charge in [0.1, 0.15) is 11.9 Å². The number of benzene rings is 1. The van der Waals surface area contributed by atoms with Gasteiger partial charge in [0.05, 0.1) is 12.4 Å². The van der Waals surface area contributed by atoms with Crippen molar-refractivity contribution < 1.29 is 28.2 Å². The summed E-state index contributed by atoms with van der Waals surface area (Å²) in [7, 11) is -3.54. The van der Waals surface area contributed by atoms with Crippen LogP contribution < -0.4 is 4.72 Å². The van der Waals surface area contributed by atoms with Crippen LogP contribution in [-0.4, -0.2) is 42.7 Å². The van der Waals surface area contributed by atoms with Gasteiger partial charge >= 0.3 is 0 Å². The molecule has 0 unspecified atom stereocenters. The number of thiophene rings is 1. The largest absolute Gasteiger partial charge is 0.392 e. The quantitative estimate of drug-likeness (QED) is 0.347. The Morgan fingerprint density at radius 1 is 1.30 bits per heavy atom. The molecule has 4 atom stereocenters. The van der Waals surface area contributed by atoms with Crippen LogP contribution in [-0.2, 0) is 19.6 Å². The number of Topliss-reactive ketones (excluding diaryl/α,β-unsaturated/α-hetero) is 1. The summed E-state index contributed by atoms with van der Waals surface area (Å²) in [5, 5.41) is 22.0. The average Bonchev–Trinajstić information content (AvgIpc) is 3.28. The van der Waals surface area contributed by atoms with Crippen molar-refractivity contribution >= 4 is 43.1 Å². The Balaban J connectivity index is 1.53. The number of amides is 1. The SMILES string of the molecule is CS(=O)(=O)NC(=O)CCCC=CC[C@H]1C(=O)C[C@@H](O)[C@@H]1C=C[C@@H](O)c1cc2ccccc2s1. The van der Waals surface area contributed by atoms with Crippen molar-refractivity contribution in [1.29, 1.82) is 0 Å². The molecule has 1 saturated carbocycles. The Hall–Kier alpha value is -2.33. The smallest absolute Gasteiger partial charge is 0.233 e. The number of ketones is 1. The third-order valence-corrected chi connectivity index (χ3v) is 7.40. The molecule has 1 heterocycles. The summed E-state index contributed by atoms with van der Waals surface area (Å²) in [5.41, 5.74) is 0. The van der Waals surface area contributed by atoms with E-state index < -0.39 is 28.1 Å². The number of aliphatic hydroxyl groups is 2. The van der Waals surface area contributed by atoms with E-state index in [2.05, 4.69) is 0 Å². The van der Waals surface area contributed by atoms with Gasteiger partial charge in [-0.1, -0.05) is 42.5 Å². The van der Waals surface area contributed by atoms with Gasteiger partial charge in [0, 0.05) is 34.3 Å². The van der Waals surface area contributed by atoms with E-state index in [0.29, 0.717) is 19.3 Å². The van der Waals surface area contributed by atoms with Crippen LogP contribution in [0.15, 0.2) is 54.6 Å². The molecule has 1 aromatic heterocycles. The summed E-state index contributed by atoms with van der Waals surface area (Å²) in [6.07, 6.45) is 8.18. The third-order valence-electron chi connectivity index (χ3n) is 5.62. The van der Waals surface area contributed by atoms with Gasteiger partial charge in [-0.25, -0.2) is 8.42 Å². The maximum absolute atomic E-state index is 12.4. The van der Waals surface area contributed by atoms with Crippen molar-refractivity contribution in [3.63, 3.8) is 0 Å². The number of nitrogens with one attached hydrogen (secondary N) is 1. The fourth-order valence-corrected chi connectivity index (χ4v) is 5.55. The second kappa shape index (κ2) is 11.2. The lowest BCUT2D eigenvalue weighted by molar-refractivity contribution is -0.121. The molecule has 1 aromatic carbocycles. The highest BCUT2D eigenvalue weighted by Gasteiger charge is 2.39. The van der Waals surface area contributed by atoms with E-state index in [1.165, 1.54) is 11.3 Å². The molecular formula is C24H29NO6S2. The molecule has 3 N–H and O–H groups in total. The van der Waals surface area contributed by atoms with E-state index in [1.807, 2.05) is 47.2 Å².